The van der Waals surface area contributed by atoms with Crippen molar-refractivity contribution in [2.24, 2.45) is 0 Å². The summed E-state index contributed by atoms with van der Waals surface area (Å²) < 4.78 is 35.4. The van der Waals surface area contributed by atoms with Crippen LogP contribution in [0.1, 0.15) is 11.1 Å². The van der Waals surface area contributed by atoms with Crippen molar-refractivity contribution in [2.75, 3.05) is 44.7 Å². The van der Waals surface area contributed by atoms with Crippen molar-refractivity contribution >= 4 is 44.4 Å². The molecule has 31 heavy (non-hydrogen) atoms. The Kier molecular flexibility index (Phi) is 5.96. The highest BCUT2D eigenvalue weighted by molar-refractivity contribution is 7.89. The van der Waals surface area contributed by atoms with Gasteiger partial charge in [-0.2, -0.15) is 13.1 Å². The molecule has 2 aromatic carbocycles. The van der Waals surface area contributed by atoms with Gasteiger partial charge in [0, 0.05) is 38.9 Å². The van der Waals surface area contributed by atoms with Crippen LogP contribution in [0.5, 0.6) is 0 Å². The van der Waals surface area contributed by atoms with E-state index in [-0.39, 0.29) is 17.3 Å². The Morgan fingerprint density at radius 3 is 2.58 bits per heavy atom. The van der Waals surface area contributed by atoms with Gasteiger partial charge in [0.2, 0.25) is 15.9 Å². The second-order valence-corrected chi connectivity index (χ2v) is 10.3. The minimum Gasteiger partial charge on any atom is -0.368 e. The lowest BCUT2D eigenvalue weighted by Gasteiger charge is -2.37. The van der Waals surface area contributed by atoms with Crippen LogP contribution in [0.4, 0.5) is 5.69 Å². The Bertz CT molecular complexity index is 1220. The van der Waals surface area contributed by atoms with Crippen molar-refractivity contribution in [3.8, 4) is 0 Å². The SMILES string of the molecule is Cc1ccc(C)c(N2CCN(C(=O)CN(C)S(=O)(=O)c3cccc4nsnc34)CC2)c1. The molecule has 2 heterocycles. The number of fused-ring (bicyclic) bond motifs is 1. The lowest BCUT2D eigenvalue weighted by molar-refractivity contribution is -0.131. The number of hydrogen-bond acceptors (Lipinski definition) is 7. The topological polar surface area (TPSA) is 86.7 Å². The number of hydrogen-bond donors (Lipinski definition) is 0. The van der Waals surface area contributed by atoms with Crippen LogP contribution in [-0.2, 0) is 14.8 Å². The number of amides is 1. The first-order chi connectivity index (χ1) is 14.8. The minimum absolute atomic E-state index is 0.0776. The standard InChI is InChI=1S/C21H25N5O3S2/c1-15-7-8-16(2)18(13-15)25-9-11-26(12-10-25)20(27)14-24(3)31(28,29)19-6-4-5-17-21(19)23-30-22-17/h4-8,13H,9-12,14H2,1-3H3. The number of aryl methyl sites for hydroxylation is 2. The zero-order chi connectivity index (χ0) is 22.2. The molecule has 0 bridgehead atoms. The fourth-order valence-corrected chi connectivity index (χ4v) is 5.66. The molecule has 0 radical (unpaired) electrons. The van der Waals surface area contributed by atoms with Gasteiger partial charge >= 0.3 is 0 Å². The number of likely N-dealkylation sites (N-methyl/N-ethyl adjacent to an activating group) is 1. The molecular formula is C21H25N5O3S2. The number of carbonyl (C=O) groups is 1. The van der Waals surface area contributed by atoms with Gasteiger partial charge in [0.1, 0.15) is 15.9 Å². The Morgan fingerprint density at radius 1 is 1.10 bits per heavy atom. The molecule has 1 amide bonds. The van der Waals surface area contributed by atoms with Crippen LogP contribution in [0, 0.1) is 13.8 Å². The summed E-state index contributed by atoms with van der Waals surface area (Å²) in [6.45, 7) is 6.51. The zero-order valence-corrected chi connectivity index (χ0v) is 19.4. The van der Waals surface area contributed by atoms with E-state index in [2.05, 4.69) is 45.7 Å². The maximum Gasteiger partial charge on any atom is 0.245 e. The number of nitrogens with zero attached hydrogens (tertiary/aromatic N) is 5. The van der Waals surface area contributed by atoms with Crippen LogP contribution in [0.3, 0.4) is 0 Å². The van der Waals surface area contributed by atoms with Gasteiger partial charge in [0.05, 0.1) is 18.3 Å². The number of rotatable bonds is 5. The molecule has 0 aliphatic carbocycles. The summed E-state index contributed by atoms with van der Waals surface area (Å²) in [7, 11) is -2.42. The van der Waals surface area contributed by atoms with Gasteiger partial charge in [0.25, 0.3) is 0 Å². The van der Waals surface area contributed by atoms with Crippen molar-refractivity contribution in [3.63, 3.8) is 0 Å². The van der Waals surface area contributed by atoms with Crippen molar-refractivity contribution in [1.82, 2.24) is 18.0 Å². The van der Waals surface area contributed by atoms with Crippen LogP contribution in [0.25, 0.3) is 11.0 Å². The highest BCUT2D eigenvalue weighted by Gasteiger charge is 2.29. The third kappa shape index (κ3) is 4.28. The highest BCUT2D eigenvalue weighted by Crippen LogP contribution is 2.25. The van der Waals surface area contributed by atoms with Crippen LogP contribution in [0.2, 0.25) is 0 Å². The molecule has 0 N–H and O–H groups in total. The fourth-order valence-electron chi connectivity index (χ4n) is 3.79. The number of aromatic nitrogens is 2. The number of carbonyl (C=O) groups excluding carboxylic acids is 1. The second-order valence-electron chi connectivity index (χ2n) is 7.81. The average Bonchev–Trinajstić information content (AvgIpc) is 3.24. The van der Waals surface area contributed by atoms with Gasteiger partial charge in [-0.15, -0.1) is 0 Å². The second kappa shape index (κ2) is 8.52. The molecule has 0 spiro atoms. The third-order valence-corrected chi connectivity index (χ3v) is 8.01. The van der Waals surface area contributed by atoms with Crippen LogP contribution >= 0.6 is 11.7 Å². The summed E-state index contributed by atoms with van der Waals surface area (Å²) in [6, 6.07) is 11.2. The molecule has 1 aliphatic rings. The molecule has 1 fully saturated rings. The number of sulfonamides is 1. The van der Waals surface area contributed by atoms with Crippen molar-refractivity contribution in [2.45, 2.75) is 18.7 Å². The smallest absolute Gasteiger partial charge is 0.245 e. The zero-order valence-electron chi connectivity index (χ0n) is 17.8. The average molecular weight is 460 g/mol. The van der Waals surface area contributed by atoms with Crippen LogP contribution in [-0.4, -0.2) is 72.0 Å². The molecule has 8 nitrogen and oxygen atoms in total. The van der Waals surface area contributed by atoms with Gasteiger partial charge in [-0.1, -0.05) is 18.2 Å². The third-order valence-electron chi connectivity index (χ3n) is 5.63. The van der Waals surface area contributed by atoms with E-state index in [0.717, 1.165) is 29.1 Å². The maximum absolute atomic E-state index is 13.1. The van der Waals surface area contributed by atoms with Gasteiger partial charge in [-0.25, -0.2) is 8.42 Å². The number of piperazine rings is 1. The van der Waals surface area contributed by atoms with E-state index >= 15 is 0 Å². The van der Waals surface area contributed by atoms with E-state index in [0.29, 0.717) is 24.1 Å². The quantitative estimate of drug-likeness (QED) is 0.582. The highest BCUT2D eigenvalue weighted by atomic mass is 32.2. The molecule has 1 saturated heterocycles. The number of anilines is 1. The molecule has 4 rings (SSSR count). The first-order valence-electron chi connectivity index (χ1n) is 10.0. The first kappa shape index (κ1) is 21.7. The van der Waals surface area contributed by atoms with E-state index in [1.807, 2.05) is 0 Å². The Labute approximate surface area is 186 Å². The summed E-state index contributed by atoms with van der Waals surface area (Å²) in [6.07, 6.45) is 0. The molecule has 0 atom stereocenters. The van der Waals surface area contributed by atoms with Crippen molar-refractivity contribution in [1.29, 1.82) is 0 Å². The summed E-state index contributed by atoms with van der Waals surface area (Å²) in [5, 5.41) is 0. The van der Waals surface area contributed by atoms with Gasteiger partial charge in [0.15, 0.2) is 0 Å². The minimum atomic E-state index is -3.85. The maximum atomic E-state index is 13.1. The lowest BCUT2D eigenvalue weighted by atomic mass is 10.1. The van der Waals surface area contributed by atoms with Gasteiger partial charge < -0.3 is 9.80 Å². The van der Waals surface area contributed by atoms with Crippen LogP contribution < -0.4 is 4.90 Å². The van der Waals surface area contributed by atoms with E-state index < -0.39 is 10.0 Å². The Hall–Kier alpha value is -2.56. The Balaban J connectivity index is 1.42. The molecule has 1 aromatic heterocycles. The predicted octanol–water partition coefficient (Wildman–Crippen LogP) is 2.28. The van der Waals surface area contributed by atoms with E-state index in [9.17, 15) is 13.2 Å². The molecule has 164 valence electrons. The molecule has 0 unspecified atom stereocenters. The summed E-state index contributed by atoms with van der Waals surface area (Å²) in [5.74, 6) is -0.199. The first-order valence-corrected chi connectivity index (χ1v) is 12.2. The lowest BCUT2D eigenvalue weighted by Crippen LogP contribution is -2.51. The fraction of sp³-hybridized carbons (Fsp3) is 0.381. The molecule has 1 aliphatic heterocycles. The van der Waals surface area contributed by atoms with E-state index in [1.165, 1.54) is 29.9 Å². The predicted molar refractivity (Wildman–Crippen MR) is 122 cm³/mol. The monoisotopic (exact) mass is 459 g/mol. The summed E-state index contributed by atoms with van der Waals surface area (Å²) in [5.41, 5.74) is 4.48. The van der Waals surface area contributed by atoms with E-state index in [4.69, 9.17) is 0 Å². The Morgan fingerprint density at radius 2 is 1.84 bits per heavy atom. The van der Waals surface area contributed by atoms with Crippen molar-refractivity contribution < 1.29 is 13.2 Å². The van der Waals surface area contributed by atoms with Gasteiger partial charge in [-0.3, -0.25) is 4.79 Å². The van der Waals surface area contributed by atoms with Crippen LogP contribution in [0.15, 0.2) is 41.3 Å². The molecule has 3 aromatic rings. The molecule has 0 saturated carbocycles. The van der Waals surface area contributed by atoms with E-state index in [1.54, 1.807) is 17.0 Å². The largest absolute Gasteiger partial charge is 0.368 e. The normalized spacial score (nSPS) is 15.1. The number of benzene rings is 2. The van der Waals surface area contributed by atoms with Gasteiger partial charge in [-0.05, 0) is 43.2 Å². The summed E-state index contributed by atoms with van der Waals surface area (Å²) in [4.78, 5) is 16.9. The molecular weight excluding hydrogens is 434 g/mol. The molecule has 10 heteroatoms. The van der Waals surface area contributed by atoms with Crippen molar-refractivity contribution in [3.05, 3.63) is 47.5 Å². The summed E-state index contributed by atoms with van der Waals surface area (Å²) >= 11 is 0.969.